The van der Waals surface area contributed by atoms with Crippen LogP contribution in [0, 0.1) is 0 Å². The van der Waals surface area contributed by atoms with Crippen molar-refractivity contribution in [2.24, 2.45) is 0 Å². The molecule has 0 unspecified atom stereocenters. The summed E-state index contributed by atoms with van der Waals surface area (Å²) in [6.45, 7) is 4.57. The Kier molecular flexibility index (Phi) is 14.8. The molecular formula is C33H46. The third-order valence-electron chi connectivity index (χ3n) is 6.30. The zero-order chi connectivity index (χ0) is 23.4. The van der Waals surface area contributed by atoms with Crippen molar-refractivity contribution in [2.75, 3.05) is 0 Å². The van der Waals surface area contributed by atoms with E-state index in [1.165, 1.54) is 80.1 Å². The molecule has 0 aliphatic carbocycles. The normalized spacial score (nSPS) is 11.0. The fourth-order valence-corrected chi connectivity index (χ4v) is 4.20. The highest BCUT2D eigenvalue weighted by molar-refractivity contribution is 5.24. The lowest BCUT2D eigenvalue weighted by atomic mass is 9.97. The van der Waals surface area contributed by atoms with E-state index in [-0.39, 0.29) is 0 Å². The smallest absolute Gasteiger partial charge is 0.00640 e. The van der Waals surface area contributed by atoms with Gasteiger partial charge < -0.3 is 0 Å². The van der Waals surface area contributed by atoms with E-state index in [1.807, 2.05) is 0 Å². The first-order valence-electron chi connectivity index (χ1n) is 13.5. The van der Waals surface area contributed by atoms with Gasteiger partial charge in [0, 0.05) is 0 Å². The van der Waals surface area contributed by atoms with Crippen LogP contribution in [0.3, 0.4) is 0 Å². The van der Waals surface area contributed by atoms with Crippen LogP contribution in [0.4, 0.5) is 0 Å². The van der Waals surface area contributed by atoms with Gasteiger partial charge in [0.25, 0.3) is 0 Å². The zero-order valence-electron chi connectivity index (χ0n) is 21.3. The third-order valence-corrected chi connectivity index (χ3v) is 6.30. The standard InChI is InChI=1S/C33H46/c1-3-5-7-9-10-14-24-32(23-13-8-6-4-2)29-33(27-25-30-19-15-11-16-20-30)28-26-31-21-17-12-18-22-31/h11-12,14-22,24H,3-10,13,23,25-28H2,1-2H3/b24-14+. The van der Waals surface area contributed by atoms with Gasteiger partial charge in [-0.2, -0.15) is 0 Å². The molecule has 0 N–H and O–H groups in total. The average molecular weight is 443 g/mol. The highest BCUT2D eigenvalue weighted by Crippen LogP contribution is 2.19. The van der Waals surface area contributed by atoms with Gasteiger partial charge >= 0.3 is 0 Å². The highest BCUT2D eigenvalue weighted by atomic mass is 14.1. The Morgan fingerprint density at radius 1 is 0.636 bits per heavy atom. The summed E-state index contributed by atoms with van der Waals surface area (Å²) in [7, 11) is 0. The van der Waals surface area contributed by atoms with E-state index in [0.29, 0.717) is 0 Å². The second-order valence-electron chi connectivity index (χ2n) is 9.29. The van der Waals surface area contributed by atoms with Crippen LogP contribution in [0.1, 0.15) is 102 Å². The summed E-state index contributed by atoms with van der Waals surface area (Å²) in [6.07, 6.45) is 22.1. The maximum absolute atomic E-state index is 3.92. The van der Waals surface area contributed by atoms with Gasteiger partial charge in [0.2, 0.25) is 0 Å². The van der Waals surface area contributed by atoms with Crippen molar-refractivity contribution in [3.63, 3.8) is 0 Å². The molecule has 0 amide bonds. The molecule has 0 aliphatic heterocycles. The summed E-state index contributed by atoms with van der Waals surface area (Å²) in [4.78, 5) is 0. The predicted octanol–water partition coefficient (Wildman–Crippen LogP) is 10.2. The van der Waals surface area contributed by atoms with E-state index in [0.717, 1.165) is 32.1 Å². The maximum Gasteiger partial charge on any atom is -0.00640 e. The monoisotopic (exact) mass is 442 g/mol. The highest BCUT2D eigenvalue weighted by Gasteiger charge is 2.03. The van der Waals surface area contributed by atoms with Crippen LogP contribution in [-0.2, 0) is 12.8 Å². The minimum absolute atomic E-state index is 1.10. The Hall–Kier alpha value is -2.30. The first-order valence-corrected chi connectivity index (χ1v) is 13.5. The van der Waals surface area contributed by atoms with E-state index in [1.54, 1.807) is 0 Å². The molecule has 0 heteroatoms. The van der Waals surface area contributed by atoms with Crippen LogP contribution in [0.5, 0.6) is 0 Å². The van der Waals surface area contributed by atoms with Gasteiger partial charge in [0.15, 0.2) is 0 Å². The van der Waals surface area contributed by atoms with Gasteiger partial charge in [-0.3, -0.25) is 0 Å². The Morgan fingerprint density at radius 3 is 1.73 bits per heavy atom. The maximum atomic E-state index is 3.92. The molecule has 0 heterocycles. The van der Waals surface area contributed by atoms with Crippen LogP contribution in [0.15, 0.2) is 89.7 Å². The minimum atomic E-state index is 1.10. The van der Waals surface area contributed by atoms with Gasteiger partial charge in [-0.1, -0.05) is 125 Å². The summed E-state index contributed by atoms with van der Waals surface area (Å²) in [5.41, 5.74) is 9.66. The van der Waals surface area contributed by atoms with Gasteiger partial charge in [-0.25, -0.2) is 0 Å². The van der Waals surface area contributed by atoms with E-state index < -0.39 is 0 Å². The lowest BCUT2D eigenvalue weighted by molar-refractivity contribution is 0.666. The molecule has 178 valence electrons. The van der Waals surface area contributed by atoms with Crippen LogP contribution >= 0.6 is 0 Å². The summed E-state index contributed by atoms with van der Waals surface area (Å²) >= 11 is 0. The third kappa shape index (κ3) is 13.1. The minimum Gasteiger partial charge on any atom is -0.118 e. The molecule has 0 nitrogen and oxygen atoms in total. The number of hydrogen-bond acceptors (Lipinski definition) is 0. The number of allylic oxidation sites excluding steroid dienone is 3. The molecular weight excluding hydrogens is 396 g/mol. The second kappa shape index (κ2) is 18.2. The summed E-state index contributed by atoms with van der Waals surface area (Å²) < 4.78 is 0. The van der Waals surface area contributed by atoms with Crippen molar-refractivity contribution in [3.05, 3.63) is 101 Å². The zero-order valence-corrected chi connectivity index (χ0v) is 21.3. The van der Waals surface area contributed by atoms with E-state index in [4.69, 9.17) is 0 Å². The molecule has 2 rings (SSSR count). The molecule has 0 spiro atoms. The Labute approximate surface area is 204 Å². The summed E-state index contributed by atoms with van der Waals surface area (Å²) in [6, 6.07) is 21.8. The van der Waals surface area contributed by atoms with Crippen molar-refractivity contribution in [1.29, 1.82) is 0 Å². The Balaban J connectivity index is 2.15. The fourth-order valence-electron chi connectivity index (χ4n) is 4.20. The van der Waals surface area contributed by atoms with Gasteiger partial charge in [-0.15, -0.1) is 5.73 Å². The molecule has 0 fully saturated rings. The molecule has 0 atom stereocenters. The molecule has 2 aromatic carbocycles. The van der Waals surface area contributed by atoms with E-state index in [9.17, 15) is 0 Å². The van der Waals surface area contributed by atoms with Crippen molar-refractivity contribution >= 4 is 0 Å². The molecule has 0 bridgehead atoms. The van der Waals surface area contributed by atoms with Crippen molar-refractivity contribution in [2.45, 2.75) is 104 Å². The molecule has 0 saturated heterocycles. The van der Waals surface area contributed by atoms with E-state index >= 15 is 0 Å². The van der Waals surface area contributed by atoms with Crippen molar-refractivity contribution in [1.82, 2.24) is 0 Å². The quantitative estimate of drug-likeness (QED) is 0.130. The van der Waals surface area contributed by atoms with Crippen molar-refractivity contribution < 1.29 is 0 Å². The Morgan fingerprint density at radius 2 is 1.18 bits per heavy atom. The van der Waals surface area contributed by atoms with Gasteiger partial charge in [0.1, 0.15) is 0 Å². The predicted molar refractivity (Wildman–Crippen MR) is 147 cm³/mol. The number of aryl methyl sites for hydroxylation is 2. The topological polar surface area (TPSA) is 0 Å². The van der Waals surface area contributed by atoms with Crippen LogP contribution in [0.25, 0.3) is 0 Å². The Bertz CT molecular complexity index is 773. The molecule has 2 aromatic rings. The first kappa shape index (κ1) is 26.9. The van der Waals surface area contributed by atoms with Crippen molar-refractivity contribution in [3.8, 4) is 0 Å². The lowest BCUT2D eigenvalue weighted by Crippen LogP contribution is -1.93. The fraction of sp³-hybridized carbons (Fsp3) is 0.485. The molecule has 0 aliphatic rings. The first-order chi connectivity index (χ1) is 16.3. The van der Waals surface area contributed by atoms with Gasteiger partial charge in [0.05, 0.1) is 0 Å². The molecule has 0 aromatic heterocycles. The largest absolute Gasteiger partial charge is 0.118 e. The number of unbranched alkanes of at least 4 members (excludes halogenated alkanes) is 7. The average Bonchev–Trinajstić information content (AvgIpc) is 2.86. The summed E-state index contributed by atoms with van der Waals surface area (Å²) in [5.74, 6) is 0. The number of hydrogen-bond donors (Lipinski definition) is 0. The number of rotatable bonds is 17. The lowest BCUT2D eigenvalue weighted by Gasteiger charge is -2.08. The molecule has 0 saturated carbocycles. The van der Waals surface area contributed by atoms with Crippen LogP contribution in [0.2, 0.25) is 0 Å². The second-order valence-corrected chi connectivity index (χ2v) is 9.29. The van der Waals surface area contributed by atoms with E-state index in [2.05, 4.69) is 92.4 Å². The van der Waals surface area contributed by atoms with Crippen LogP contribution < -0.4 is 0 Å². The SMILES string of the molecule is CCCCCC/C=C/C(=C=C(CCc1ccccc1)CCc1ccccc1)CCCCCC. The summed E-state index contributed by atoms with van der Waals surface area (Å²) in [5, 5.41) is 0. The molecule has 33 heavy (non-hydrogen) atoms. The number of benzene rings is 2. The van der Waals surface area contributed by atoms with Gasteiger partial charge in [-0.05, 0) is 73.6 Å². The molecule has 0 radical (unpaired) electrons. The van der Waals surface area contributed by atoms with Crippen LogP contribution in [-0.4, -0.2) is 0 Å².